The molecule has 1 aliphatic heterocycles. The summed E-state index contributed by atoms with van der Waals surface area (Å²) in [6.07, 6.45) is 4.14. The lowest BCUT2D eigenvalue weighted by molar-refractivity contribution is -0.137. The van der Waals surface area contributed by atoms with Crippen LogP contribution in [0.3, 0.4) is 0 Å². The van der Waals surface area contributed by atoms with Crippen molar-refractivity contribution >= 4 is 11.7 Å². The molecule has 16 heavy (non-hydrogen) atoms. The molecule has 0 radical (unpaired) electrons. The van der Waals surface area contributed by atoms with Gasteiger partial charge in [-0.15, -0.1) is 0 Å². The molecule has 2 N–H and O–H groups in total. The molecule has 0 amide bonds. The second kappa shape index (κ2) is 5.01. The highest BCUT2D eigenvalue weighted by molar-refractivity contribution is 5.66. The standard InChI is InChI=1S/C13H17NO2/c15-12(16)8-2-6-10-4-1-5-11-7-3-9-14-13(10)11/h1,4-5,14H,2-3,6-9H2,(H,15,16). The maximum atomic E-state index is 10.5. The summed E-state index contributed by atoms with van der Waals surface area (Å²) in [5.41, 5.74) is 3.89. The molecule has 3 heteroatoms. The topological polar surface area (TPSA) is 49.3 Å². The van der Waals surface area contributed by atoms with Gasteiger partial charge >= 0.3 is 5.97 Å². The Morgan fingerprint density at radius 1 is 1.44 bits per heavy atom. The molecule has 3 nitrogen and oxygen atoms in total. The Kier molecular flexibility index (Phi) is 3.44. The number of aliphatic carboxylic acids is 1. The van der Waals surface area contributed by atoms with E-state index in [0.29, 0.717) is 6.42 Å². The van der Waals surface area contributed by atoms with Gasteiger partial charge in [0.25, 0.3) is 0 Å². The van der Waals surface area contributed by atoms with Gasteiger partial charge in [0.05, 0.1) is 0 Å². The molecule has 86 valence electrons. The Morgan fingerprint density at radius 3 is 3.12 bits per heavy atom. The molecule has 0 atom stereocenters. The van der Waals surface area contributed by atoms with Gasteiger partial charge in [-0.25, -0.2) is 0 Å². The Bertz CT molecular complexity index is 388. The van der Waals surface area contributed by atoms with E-state index in [1.54, 1.807) is 0 Å². The lowest BCUT2D eigenvalue weighted by atomic mass is 9.97. The van der Waals surface area contributed by atoms with Crippen LogP contribution in [0.25, 0.3) is 0 Å². The first-order valence-electron chi connectivity index (χ1n) is 5.84. The van der Waals surface area contributed by atoms with Crippen molar-refractivity contribution in [2.75, 3.05) is 11.9 Å². The zero-order chi connectivity index (χ0) is 11.4. The minimum absolute atomic E-state index is 0.254. The zero-order valence-corrected chi connectivity index (χ0v) is 9.33. The number of nitrogens with one attached hydrogen (secondary N) is 1. The van der Waals surface area contributed by atoms with Crippen LogP contribution in [-0.2, 0) is 17.6 Å². The van der Waals surface area contributed by atoms with E-state index in [1.165, 1.54) is 23.2 Å². The van der Waals surface area contributed by atoms with Gasteiger partial charge in [0.1, 0.15) is 0 Å². The number of carboxylic acids is 1. The monoisotopic (exact) mass is 219 g/mol. The predicted octanol–water partition coefficient (Wildman–Crippen LogP) is 2.45. The average molecular weight is 219 g/mol. The summed E-state index contributed by atoms with van der Waals surface area (Å²) in [5.74, 6) is -0.710. The molecule has 0 unspecified atom stereocenters. The fourth-order valence-electron chi connectivity index (χ4n) is 2.22. The Labute approximate surface area is 95.5 Å². The van der Waals surface area contributed by atoms with Crippen LogP contribution >= 0.6 is 0 Å². The van der Waals surface area contributed by atoms with E-state index in [4.69, 9.17) is 5.11 Å². The van der Waals surface area contributed by atoms with Crippen LogP contribution < -0.4 is 5.32 Å². The summed E-state index contributed by atoms with van der Waals surface area (Å²) in [4.78, 5) is 10.5. The zero-order valence-electron chi connectivity index (χ0n) is 9.33. The van der Waals surface area contributed by atoms with Gasteiger partial charge in [-0.05, 0) is 36.8 Å². The molecule has 0 fully saturated rings. The van der Waals surface area contributed by atoms with Crippen LogP contribution in [0, 0.1) is 0 Å². The number of rotatable bonds is 4. The molecule has 1 aliphatic rings. The predicted molar refractivity (Wildman–Crippen MR) is 63.8 cm³/mol. The van der Waals surface area contributed by atoms with Gasteiger partial charge in [0.2, 0.25) is 0 Å². The number of aryl methyl sites for hydroxylation is 2. The molecular formula is C13H17NO2. The number of hydrogen-bond acceptors (Lipinski definition) is 2. The molecule has 1 aromatic carbocycles. The Hall–Kier alpha value is -1.51. The average Bonchev–Trinajstić information content (AvgIpc) is 2.29. The van der Waals surface area contributed by atoms with Crippen LogP contribution in [0.4, 0.5) is 5.69 Å². The van der Waals surface area contributed by atoms with Crippen molar-refractivity contribution < 1.29 is 9.90 Å². The van der Waals surface area contributed by atoms with Crippen molar-refractivity contribution in [1.82, 2.24) is 0 Å². The number of para-hydroxylation sites is 1. The maximum absolute atomic E-state index is 10.5. The van der Waals surface area contributed by atoms with Crippen LogP contribution in [-0.4, -0.2) is 17.6 Å². The van der Waals surface area contributed by atoms with Crippen LogP contribution in [0.15, 0.2) is 18.2 Å². The van der Waals surface area contributed by atoms with Crippen molar-refractivity contribution in [3.8, 4) is 0 Å². The van der Waals surface area contributed by atoms with E-state index < -0.39 is 5.97 Å². The van der Waals surface area contributed by atoms with E-state index in [-0.39, 0.29) is 6.42 Å². The molecular weight excluding hydrogens is 202 g/mol. The van der Waals surface area contributed by atoms with E-state index in [2.05, 4.69) is 23.5 Å². The summed E-state index contributed by atoms with van der Waals surface area (Å²) in [6.45, 7) is 1.03. The summed E-state index contributed by atoms with van der Waals surface area (Å²) < 4.78 is 0. The number of fused-ring (bicyclic) bond motifs is 1. The van der Waals surface area contributed by atoms with E-state index in [9.17, 15) is 4.79 Å². The number of benzene rings is 1. The fraction of sp³-hybridized carbons (Fsp3) is 0.462. The minimum atomic E-state index is -0.710. The SMILES string of the molecule is O=C(O)CCCc1cccc2c1NCCC2. The van der Waals surface area contributed by atoms with Crippen LogP contribution in [0.1, 0.15) is 30.4 Å². The number of carboxylic acid groups (broad SMARTS) is 1. The first-order valence-corrected chi connectivity index (χ1v) is 5.84. The third kappa shape index (κ3) is 2.54. The highest BCUT2D eigenvalue weighted by Crippen LogP contribution is 2.27. The summed E-state index contributed by atoms with van der Waals surface area (Å²) in [5, 5.41) is 12.0. The summed E-state index contributed by atoms with van der Waals surface area (Å²) >= 11 is 0. The van der Waals surface area contributed by atoms with Crippen molar-refractivity contribution in [2.24, 2.45) is 0 Å². The largest absolute Gasteiger partial charge is 0.481 e. The molecule has 0 saturated heterocycles. The second-order valence-electron chi connectivity index (χ2n) is 4.23. The molecule has 0 saturated carbocycles. The molecule has 0 aliphatic carbocycles. The fourth-order valence-corrected chi connectivity index (χ4v) is 2.22. The van der Waals surface area contributed by atoms with Crippen molar-refractivity contribution in [2.45, 2.75) is 32.1 Å². The van der Waals surface area contributed by atoms with Crippen molar-refractivity contribution in [1.29, 1.82) is 0 Å². The van der Waals surface area contributed by atoms with Crippen LogP contribution in [0.5, 0.6) is 0 Å². The van der Waals surface area contributed by atoms with E-state index in [0.717, 1.165) is 19.4 Å². The van der Waals surface area contributed by atoms with Gasteiger partial charge < -0.3 is 10.4 Å². The molecule has 0 spiro atoms. The lowest BCUT2D eigenvalue weighted by Crippen LogP contribution is -2.13. The van der Waals surface area contributed by atoms with Crippen molar-refractivity contribution in [3.63, 3.8) is 0 Å². The van der Waals surface area contributed by atoms with Gasteiger partial charge in [0.15, 0.2) is 0 Å². The third-order valence-corrected chi connectivity index (χ3v) is 3.00. The van der Waals surface area contributed by atoms with E-state index >= 15 is 0 Å². The number of carbonyl (C=O) groups is 1. The Balaban J connectivity index is 2.05. The van der Waals surface area contributed by atoms with Gasteiger partial charge in [-0.1, -0.05) is 18.2 Å². The quantitative estimate of drug-likeness (QED) is 0.817. The van der Waals surface area contributed by atoms with Crippen LogP contribution in [0.2, 0.25) is 0 Å². The molecule has 0 bridgehead atoms. The number of hydrogen-bond donors (Lipinski definition) is 2. The Morgan fingerprint density at radius 2 is 2.31 bits per heavy atom. The van der Waals surface area contributed by atoms with Gasteiger partial charge in [-0.3, -0.25) is 4.79 Å². The van der Waals surface area contributed by atoms with Crippen molar-refractivity contribution in [3.05, 3.63) is 29.3 Å². The second-order valence-corrected chi connectivity index (χ2v) is 4.23. The highest BCUT2D eigenvalue weighted by atomic mass is 16.4. The van der Waals surface area contributed by atoms with E-state index in [1.807, 2.05) is 0 Å². The summed E-state index contributed by atoms with van der Waals surface area (Å²) in [6, 6.07) is 6.32. The molecule has 2 rings (SSSR count). The number of anilines is 1. The maximum Gasteiger partial charge on any atom is 0.303 e. The highest BCUT2D eigenvalue weighted by Gasteiger charge is 2.11. The third-order valence-electron chi connectivity index (χ3n) is 3.00. The van der Waals surface area contributed by atoms with Gasteiger partial charge in [-0.2, -0.15) is 0 Å². The first kappa shape index (κ1) is 11.0. The minimum Gasteiger partial charge on any atom is -0.481 e. The molecule has 1 heterocycles. The molecule has 1 aromatic rings. The summed E-state index contributed by atoms with van der Waals surface area (Å²) in [7, 11) is 0. The normalized spacial score (nSPS) is 14.0. The lowest BCUT2D eigenvalue weighted by Gasteiger charge is -2.21. The molecule has 0 aromatic heterocycles. The van der Waals surface area contributed by atoms with Gasteiger partial charge in [0, 0.05) is 18.7 Å². The first-order chi connectivity index (χ1) is 7.77. The smallest absolute Gasteiger partial charge is 0.303 e.